The highest BCUT2D eigenvalue weighted by atomic mass is 16.2. The van der Waals surface area contributed by atoms with Gasteiger partial charge in [0, 0.05) is 6.04 Å². The quantitative estimate of drug-likeness (QED) is 0.776. The molecule has 0 radical (unpaired) electrons. The molecule has 1 saturated carbocycles. The lowest BCUT2D eigenvalue weighted by molar-refractivity contribution is -0.125. The molecule has 2 unspecified atom stereocenters. The van der Waals surface area contributed by atoms with Crippen molar-refractivity contribution >= 4 is 5.91 Å². The Labute approximate surface area is 124 Å². The van der Waals surface area contributed by atoms with Crippen LogP contribution in [0.15, 0.2) is 0 Å². The maximum absolute atomic E-state index is 12.4. The molecule has 2 fully saturated rings. The van der Waals surface area contributed by atoms with Gasteiger partial charge in [-0.2, -0.15) is 0 Å². The van der Waals surface area contributed by atoms with Gasteiger partial charge in [0.25, 0.3) is 0 Å². The highest BCUT2D eigenvalue weighted by Gasteiger charge is 2.28. The van der Waals surface area contributed by atoms with E-state index < -0.39 is 0 Å². The highest BCUT2D eigenvalue weighted by Crippen LogP contribution is 2.26. The average molecular weight is 280 g/mol. The van der Waals surface area contributed by atoms with E-state index in [9.17, 15) is 4.79 Å². The summed E-state index contributed by atoms with van der Waals surface area (Å²) in [6.07, 6.45) is 11.4. The van der Waals surface area contributed by atoms with Gasteiger partial charge in [-0.1, -0.05) is 39.0 Å². The molecular formula is C17H32N2O. The lowest BCUT2D eigenvalue weighted by Gasteiger charge is -2.31. The first-order valence-corrected chi connectivity index (χ1v) is 8.74. The summed E-state index contributed by atoms with van der Waals surface area (Å²) in [6, 6.07) is 0.381. The Bertz CT molecular complexity index is 297. The molecule has 3 nitrogen and oxygen atoms in total. The van der Waals surface area contributed by atoms with Crippen LogP contribution in [0.4, 0.5) is 0 Å². The molecular weight excluding hydrogens is 248 g/mol. The van der Waals surface area contributed by atoms with Crippen LogP contribution >= 0.6 is 0 Å². The maximum Gasteiger partial charge on any atom is 0.237 e. The first kappa shape index (κ1) is 15.8. The summed E-state index contributed by atoms with van der Waals surface area (Å²) in [5.41, 5.74) is 0. The minimum Gasteiger partial charge on any atom is -0.352 e. The van der Waals surface area contributed by atoms with Crippen LogP contribution in [0.1, 0.15) is 71.6 Å². The first-order valence-electron chi connectivity index (χ1n) is 8.74. The van der Waals surface area contributed by atoms with Gasteiger partial charge in [-0.05, 0) is 51.0 Å². The van der Waals surface area contributed by atoms with E-state index in [4.69, 9.17) is 0 Å². The fourth-order valence-electron chi connectivity index (χ4n) is 3.82. The lowest BCUT2D eigenvalue weighted by atomic mass is 9.89. The number of hydrogen-bond donors (Lipinski definition) is 2. The number of piperidine rings is 1. The predicted molar refractivity (Wildman–Crippen MR) is 83.6 cm³/mol. The third-order valence-corrected chi connectivity index (χ3v) is 5.38. The van der Waals surface area contributed by atoms with Crippen molar-refractivity contribution in [2.45, 2.75) is 83.7 Å². The van der Waals surface area contributed by atoms with E-state index in [1.54, 1.807) is 0 Å². The highest BCUT2D eigenvalue weighted by molar-refractivity contribution is 5.82. The second kappa shape index (κ2) is 8.02. The third kappa shape index (κ3) is 4.47. The SMILES string of the molecule is CCC1CCNC(C(=O)N[C@H](C)C2CCCCCC2)C1. The van der Waals surface area contributed by atoms with Gasteiger partial charge in [0.15, 0.2) is 0 Å². The van der Waals surface area contributed by atoms with Gasteiger partial charge in [0.05, 0.1) is 6.04 Å². The van der Waals surface area contributed by atoms with Crippen LogP contribution in [0, 0.1) is 11.8 Å². The molecule has 1 amide bonds. The van der Waals surface area contributed by atoms with Crippen LogP contribution in [0.2, 0.25) is 0 Å². The summed E-state index contributed by atoms with van der Waals surface area (Å²) in [5, 5.41) is 6.68. The van der Waals surface area contributed by atoms with Crippen LogP contribution in [0.3, 0.4) is 0 Å². The number of carbonyl (C=O) groups excluding carboxylic acids is 1. The van der Waals surface area contributed by atoms with Gasteiger partial charge in [-0.15, -0.1) is 0 Å². The molecule has 20 heavy (non-hydrogen) atoms. The van der Waals surface area contributed by atoms with Crippen molar-refractivity contribution in [2.24, 2.45) is 11.8 Å². The average Bonchev–Trinajstić information content (AvgIpc) is 2.76. The van der Waals surface area contributed by atoms with Crippen LogP contribution in [-0.2, 0) is 4.79 Å². The van der Waals surface area contributed by atoms with E-state index in [1.165, 1.54) is 51.4 Å². The molecule has 0 aromatic rings. The van der Waals surface area contributed by atoms with E-state index in [0.29, 0.717) is 12.0 Å². The number of nitrogens with one attached hydrogen (secondary N) is 2. The Morgan fingerprint density at radius 3 is 2.55 bits per heavy atom. The van der Waals surface area contributed by atoms with Crippen LogP contribution in [0.5, 0.6) is 0 Å². The molecule has 2 aliphatic rings. The minimum absolute atomic E-state index is 0.0435. The summed E-state index contributed by atoms with van der Waals surface area (Å²) in [7, 11) is 0. The fraction of sp³-hybridized carbons (Fsp3) is 0.941. The van der Waals surface area contributed by atoms with Crippen molar-refractivity contribution in [1.29, 1.82) is 0 Å². The smallest absolute Gasteiger partial charge is 0.237 e. The molecule has 0 aromatic heterocycles. The number of hydrogen-bond acceptors (Lipinski definition) is 2. The van der Waals surface area contributed by atoms with Gasteiger partial charge < -0.3 is 10.6 Å². The summed E-state index contributed by atoms with van der Waals surface area (Å²) in [4.78, 5) is 12.4. The van der Waals surface area contributed by atoms with Gasteiger partial charge in [0.1, 0.15) is 0 Å². The molecule has 116 valence electrons. The Balaban J connectivity index is 1.80. The Kier molecular flexibility index (Phi) is 6.34. The molecule has 1 aliphatic carbocycles. The summed E-state index contributed by atoms with van der Waals surface area (Å²) < 4.78 is 0. The van der Waals surface area contributed by atoms with Crippen molar-refractivity contribution < 1.29 is 4.79 Å². The van der Waals surface area contributed by atoms with Crippen LogP contribution in [0.25, 0.3) is 0 Å². The molecule has 3 heteroatoms. The zero-order valence-electron chi connectivity index (χ0n) is 13.3. The molecule has 1 heterocycles. The summed E-state index contributed by atoms with van der Waals surface area (Å²) in [5.74, 6) is 1.65. The zero-order valence-corrected chi connectivity index (χ0v) is 13.3. The Morgan fingerprint density at radius 1 is 1.20 bits per heavy atom. The largest absolute Gasteiger partial charge is 0.352 e. The summed E-state index contributed by atoms with van der Waals surface area (Å²) >= 11 is 0. The molecule has 0 spiro atoms. The van der Waals surface area contributed by atoms with E-state index in [1.807, 2.05) is 0 Å². The monoisotopic (exact) mass is 280 g/mol. The maximum atomic E-state index is 12.4. The van der Waals surface area contributed by atoms with Crippen molar-refractivity contribution in [2.75, 3.05) is 6.54 Å². The zero-order chi connectivity index (χ0) is 14.4. The van der Waals surface area contributed by atoms with E-state index in [2.05, 4.69) is 24.5 Å². The minimum atomic E-state index is 0.0435. The lowest BCUT2D eigenvalue weighted by Crippen LogP contribution is -2.51. The van der Waals surface area contributed by atoms with Crippen LogP contribution < -0.4 is 10.6 Å². The van der Waals surface area contributed by atoms with Gasteiger partial charge in [-0.3, -0.25) is 4.79 Å². The summed E-state index contributed by atoms with van der Waals surface area (Å²) in [6.45, 7) is 5.43. The molecule has 2 rings (SSSR count). The molecule has 0 aromatic carbocycles. The van der Waals surface area contributed by atoms with Crippen molar-refractivity contribution in [3.05, 3.63) is 0 Å². The normalized spacial score (nSPS) is 30.5. The van der Waals surface area contributed by atoms with Gasteiger partial charge in [-0.25, -0.2) is 0 Å². The molecule has 0 bridgehead atoms. The van der Waals surface area contributed by atoms with Crippen molar-refractivity contribution in [1.82, 2.24) is 10.6 Å². The van der Waals surface area contributed by atoms with Crippen molar-refractivity contribution in [3.63, 3.8) is 0 Å². The molecule has 2 N–H and O–H groups in total. The molecule has 1 aliphatic heterocycles. The number of rotatable bonds is 4. The number of amides is 1. The van der Waals surface area contributed by atoms with Gasteiger partial charge >= 0.3 is 0 Å². The van der Waals surface area contributed by atoms with Gasteiger partial charge in [0.2, 0.25) is 5.91 Å². The third-order valence-electron chi connectivity index (χ3n) is 5.38. The van der Waals surface area contributed by atoms with Crippen molar-refractivity contribution in [3.8, 4) is 0 Å². The second-order valence-electron chi connectivity index (χ2n) is 6.85. The van der Waals surface area contributed by atoms with Crippen LogP contribution in [-0.4, -0.2) is 24.5 Å². The number of carbonyl (C=O) groups is 1. The first-order chi connectivity index (χ1) is 9.70. The Hall–Kier alpha value is -0.570. The Morgan fingerprint density at radius 2 is 1.90 bits per heavy atom. The standard InChI is InChI=1S/C17H32N2O/c1-3-14-10-11-18-16(12-14)17(20)19-13(2)15-8-6-4-5-7-9-15/h13-16,18H,3-12H2,1-2H3,(H,19,20)/t13-,14?,16?/m1/s1. The molecule has 1 saturated heterocycles. The second-order valence-corrected chi connectivity index (χ2v) is 6.85. The van der Waals surface area contributed by atoms with E-state index >= 15 is 0 Å². The van der Waals surface area contributed by atoms with E-state index in [-0.39, 0.29) is 11.9 Å². The predicted octanol–water partition coefficient (Wildman–Crippen LogP) is 3.24. The topological polar surface area (TPSA) is 41.1 Å². The van der Waals surface area contributed by atoms with E-state index in [0.717, 1.165) is 18.9 Å². The molecule has 3 atom stereocenters. The fourth-order valence-corrected chi connectivity index (χ4v) is 3.82.